The van der Waals surface area contributed by atoms with Gasteiger partial charge in [-0.25, -0.2) is 0 Å². The number of para-hydroxylation sites is 1. The highest BCUT2D eigenvalue weighted by atomic mass is 16.5. The Kier molecular flexibility index (Phi) is 3.26. The Balaban J connectivity index is 1.77. The molecule has 2 aromatic carbocycles. The highest BCUT2D eigenvalue weighted by molar-refractivity contribution is 5.38. The predicted molar refractivity (Wildman–Crippen MR) is 77.3 cm³/mol. The van der Waals surface area contributed by atoms with Crippen molar-refractivity contribution in [1.82, 2.24) is 0 Å². The van der Waals surface area contributed by atoms with E-state index in [1.54, 1.807) is 0 Å². The van der Waals surface area contributed by atoms with Crippen LogP contribution >= 0.6 is 0 Å². The number of aryl methyl sites for hydroxylation is 1. The van der Waals surface area contributed by atoms with E-state index in [-0.39, 0.29) is 12.1 Å². The molecule has 2 N–H and O–H groups in total. The van der Waals surface area contributed by atoms with Gasteiger partial charge in [0, 0.05) is 6.42 Å². The Morgan fingerprint density at radius 1 is 1.16 bits per heavy atom. The Labute approximate surface area is 114 Å². The monoisotopic (exact) mass is 253 g/mol. The lowest BCUT2D eigenvalue weighted by Crippen LogP contribution is -2.29. The molecular formula is C17H19NO. The first kappa shape index (κ1) is 12.2. The SMILES string of the molecule is CCc1ccc(C(N)C2Cc3ccccc3O2)cc1. The van der Waals surface area contributed by atoms with E-state index in [1.807, 2.05) is 18.2 Å². The maximum atomic E-state index is 6.35. The molecule has 2 heteroatoms. The highest BCUT2D eigenvalue weighted by Gasteiger charge is 2.28. The zero-order valence-corrected chi connectivity index (χ0v) is 11.2. The summed E-state index contributed by atoms with van der Waals surface area (Å²) >= 11 is 0. The average Bonchev–Trinajstić information content (AvgIpc) is 2.90. The standard InChI is InChI=1S/C17H19NO/c1-2-12-7-9-13(10-8-12)17(18)16-11-14-5-3-4-6-15(14)19-16/h3-10,16-17H,2,11,18H2,1H3. The van der Waals surface area contributed by atoms with Crippen LogP contribution < -0.4 is 10.5 Å². The number of rotatable bonds is 3. The predicted octanol–water partition coefficient (Wildman–Crippen LogP) is 3.25. The first-order chi connectivity index (χ1) is 9.28. The minimum atomic E-state index is -0.0710. The first-order valence-corrected chi connectivity index (χ1v) is 6.87. The van der Waals surface area contributed by atoms with Gasteiger partial charge in [-0.05, 0) is 29.2 Å². The summed E-state index contributed by atoms with van der Waals surface area (Å²) in [5.74, 6) is 0.980. The normalized spacial score (nSPS) is 18.7. The Morgan fingerprint density at radius 2 is 1.89 bits per heavy atom. The summed E-state index contributed by atoms with van der Waals surface area (Å²) in [4.78, 5) is 0. The topological polar surface area (TPSA) is 35.2 Å². The third-order valence-electron chi connectivity index (χ3n) is 3.85. The summed E-state index contributed by atoms with van der Waals surface area (Å²) in [6.45, 7) is 2.16. The second kappa shape index (κ2) is 5.06. The number of ether oxygens (including phenoxy) is 1. The number of benzene rings is 2. The quantitative estimate of drug-likeness (QED) is 0.911. The minimum absolute atomic E-state index is 0.0462. The molecule has 1 heterocycles. The van der Waals surface area contributed by atoms with Crippen LogP contribution in [-0.2, 0) is 12.8 Å². The van der Waals surface area contributed by atoms with Crippen LogP contribution in [0.4, 0.5) is 0 Å². The van der Waals surface area contributed by atoms with Gasteiger partial charge in [-0.1, -0.05) is 49.4 Å². The molecule has 3 rings (SSSR count). The molecule has 2 nitrogen and oxygen atoms in total. The van der Waals surface area contributed by atoms with Crippen LogP contribution in [0.15, 0.2) is 48.5 Å². The molecule has 1 aliphatic heterocycles. The molecule has 0 fully saturated rings. The number of fused-ring (bicyclic) bond motifs is 1. The number of hydrogen-bond acceptors (Lipinski definition) is 2. The largest absolute Gasteiger partial charge is 0.488 e. The van der Waals surface area contributed by atoms with Crippen molar-refractivity contribution in [3.8, 4) is 5.75 Å². The fourth-order valence-electron chi connectivity index (χ4n) is 2.60. The molecule has 98 valence electrons. The molecule has 2 aromatic rings. The van der Waals surface area contributed by atoms with Crippen molar-refractivity contribution in [2.75, 3.05) is 0 Å². The van der Waals surface area contributed by atoms with Gasteiger partial charge in [0.25, 0.3) is 0 Å². The maximum absolute atomic E-state index is 6.35. The lowest BCUT2D eigenvalue weighted by atomic mass is 9.97. The van der Waals surface area contributed by atoms with Gasteiger partial charge < -0.3 is 10.5 Å². The molecule has 2 atom stereocenters. The van der Waals surface area contributed by atoms with E-state index in [0.717, 1.165) is 24.2 Å². The smallest absolute Gasteiger partial charge is 0.123 e. The summed E-state index contributed by atoms with van der Waals surface area (Å²) in [5, 5.41) is 0. The molecule has 0 bridgehead atoms. The van der Waals surface area contributed by atoms with Crippen molar-refractivity contribution in [2.45, 2.75) is 31.9 Å². The summed E-state index contributed by atoms with van der Waals surface area (Å²) < 4.78 is 5.95. The molecule has 0 saturated carbocycles. The van der Waals surface area contributed by atoms with Gasteiger partial charge in [-0.3, -0.25) is 0 Å². The van der Waals surface area contributed by atoms with Crippen LogP contribution in [0.3, 0.4) is 0 Å². The minimum Gasteiger partial charge on any atom is -0.488 e. The highest BCUT2D eigenvalue weighted by Crippen LogP contribution is 2.33. The molecule has 19 heavy (non-hydrogen) atoms. The average molecular weight is 253 g/mol. The van der Waals surface area contributed by atoms with Gasteiger partial charge in [0.15, 0.2) is 0 Å². The molecule has 2 unspecified atom stereocenters. The lowest BCUT2D eigenvalue weighted by molar-refractivity contribution is 0.200. The molecule has 0 aromatic heterocycles. The first-order valence-electron chi connectivity index (χ1n) is 6.87. The molecule has 0 spiro atoms. The maximum Gasteiger partial charge on any atom is 0.123 e. The van der Waals surface area contributed by atoms with Crippen molar-refractivity contribution in [1.29, 1.82) is 0 Å². The van der Waals surface area contributed by atoms with Crippen molar-refractivity contribution in [3.05, 3.63) is 65.2 Å². The van der Waals surface area contributed by atoms with Crippen molar-refractivity contribution < 1.29 is 4.74 Å². The molecular weight excluding hydrogens is 234 g/mol. The third-order valence-corrected chi connectivity index (χ3v) is 3.85. The molecule has 0 aliphatic carbocycles. The van der Waals surface area contributed by atoms with Crippen LogP contribution in [-0.4, -0.2) is 6.10 Å². The van der Waals surface area contributed by atoms with Gasteiger partial charge in [0.05, 0.1) is 6.04 Å². The molecule has 0 saturated heterocycles. The van der Waals surface area contributed by atoms with Gasteiger partial charge in [0.1, 0.15) is 11.9 Å². The Morgan fingerprint density at radius 3 is 2.58 bits per heavy atom. The van der Waals surface area contributed by atoms with Crippen molar-refractivity contribution >= 4 is 0 Å². The van der Waals surface area contributed by atoms with Gasteiger partial charge in [-0.15, -0.1) is 0 Å². The zero-order valence-electron chi connectivity index (χ0n) is 11.2. The molecule has 0 radical (unpaired) electrons. The van der Waals surface area contributed by atoms with Crippen LogP contribution in [0.25, 0.3) is 0 Å². The van der Waals surface area contributed by atoms with Crippen LogP contribution in [0.1, 0.15) is 29.7 Å². The van der Waals surface area contributed by atoms with E-state index in [0.29, 0.717) is 0 Å². The van der Waals surface area contributed by atoms with E-state index in [1.165, 1.54) is 11.1 Å². The van der Waals surface area contributed by atoms with Crippen molar-refractivity contribution in [2.24, 2.45) is 5.73 Å². The summed E-state index contributed by atoms with van der Waals surface area (Å²) in [7, 11) is 0. The second-order valence-electron chi connectivity index (χ2n) is 5.09. The summed E-state index contributed by atoms with van der Waals surface area (Å²) in [6, 6.07) is 16.7. The molecule has 1 aliphatic rings. The van der Waals surface area contributed by atoms with E-state index in [2.05, 4.69) is 37.3 Å². The van der Waals surface area contributed by atoms with Crippen molar-refractivity contribution in [3.63, 3.8) is 0 Å². The second-order valence-corrected chi connectivity index (χ2v) is 5.09. The Hall–Kier alpha value is -1.80. The molecule has 0 amide bonds. The number of hydrogen-bond donors (Lipinski definition) is 1. The van der Waals surface area contributed by atoms with Crippen LogP contribution in [0, 0.1) is 0 Å². The Bertz CT molecular complexity index is 537. The van der Waals surface area contributed by atoms with E-state index in [9.17, 15) is 0 Å². The lowest BCUT2D eigenvalue weighted by Gasteiger charge is -2.19. The van der Waals surface area contributed by atoms with Crippen LogP contribution in [0.2, 0.25) is 0 Å². The number of nitrogens with two attached hydrogens (primary N) is 1. The summed E-state index contributed by atoms with van der Waals surface area (Å²) in [5.41, 5.74) is 10.1. The fraction of sp³-hybridized carbons (Fsp3) is 0.294. The van der Waals surface area contributed by atoms with Gasteiger partial charge in [0.2, 0.25) is 0 Å². The van der Waals surface area contributed by atoms with Gasteiger partial charge in [-0.2, -0.15) is 0 Å². The van der Waals surface area contributed by atoms with E-state index >= 15 is 0 Å². The van der Waals surface area contributed by atoms with Crippen LogP contribution in [0.5, 0.6) is 5.75 Å². The zero-order chi connectivity index (χ0) is 13.2. The van der Waals surface area contributed by atoms with Gasteiger partial charge >= 0.3 is 0 Å². The summed E-state index contributed by atoms with van der Waals surface area (Å²) in [6.07, 6.45) is 2.00. The third kappa shape index (κ3) is 2.36. The fourth-order valence-corrected chi connectivity index (χ4v) is 2.60. The van der Waals surface area contributed by atoms with E-state index < -0.39 is 0 Å². The van der Waals surface area contributed by atoms with E-state index in [4.69, 9.17) is 10.5 Å².